The predicted octanol–water partition coefficient (Wildman–Crippen LogP) is 2.23. The number of amides is 2. The summed E-state index contributed by atoms with van der Waals surface area (Å²) in [5, 5.41) is 9.54. The molecule has 27 heavy (non-hydrogen) atoms. The molecule has 2 N–H and O–H groups in total. The van der Waals surface area contributed by atoms with Crippen molar-refractivity contribution < 1.29 is 14.3 Å². The monoisotopic (exact) mass is 362 g/mol. The third-order valence-electron chi connectivity index (χ3n) is 4.41. The Morgan fingerprint density at radius 1 is 1.15 bits per heavy atom. The maximum atomic E-state index is 12.4. The van der Waals surface area contributed by atoms with Crippen LogP contribution in [0.2, 0.25) is 0 Å². The summed E-state index contributed by atoms with van der Waals surface area (Å²) >= 11 is 0. The number of aromatic nitrogens is 2. The number of anilines is 1. The second kappa shape index (κ2) is 7.33. The first kappa shape index (κ1) is 16.8. The van der Waals surface area contributed by atoms with Crippen LogP contribution < -0.4 is 15.0 Å². The number of hydrogen-bond donors (Lipinski definition) is 2. The lowest BCUT2D eigenvalue weighted by Crippen LogP contribution is -2.43. The molecule has 2 heterocycles. The van der Waals surface area contributed by atoms with Gasteiger partial charge in [0.2, 0.25) is 0 Å². The molecule has 0 radical (unpaired) electrons. The first-order valence-corrected chi connectivity index (χ1v) is 8.62. The Bertz CT molecular complexity index is 952. The summed E-state index contributed by atoms with van der Waals surface area (Å²) < 4.78 is 5.42. The fraction of sp³-hybridized carbons (Fsp3) is 0.150. The number of nitrogens with one attached hydrogen (secondary N) is 2. The minimum absolute atomic E-state index is 0.0143. The molecule has 0 atom stereocenters. The zero-order valence-electron chi connectivity index (χ0n) is 14.5. The van der Waals surface area contributed by atoms with Gasteiger partial charge in [0, 0.05) is 30.4 Å². The van der Waals surface area contributed by atoms with Crippen molar-refractivity contribution in [2.45, 2.75) is 0 Å². The molecule has 0 saturated heterocycles. The van der Waals surface area contributed by atoms with Crippen molar-refractivity contribution in [3.63, 3.8) is 0 Å². The summed E-state index contributed by atoms with van der Waals surface area (Å²) in [5.41, 5.74) is 3.24. The smallest absolute Gasteiger partial charge is 0.265 e. The SMILES string of the molecule is O=C(NCCN1C(=O)COc2ccccc21)c1ccc(-c2cn[nH]c2)cc1. The zero-order valence-corrected chi connectivity index (χ0v) is 14.5. The van der Waals surface area contributed by atoms with Crippen LogP contribution >= 0.6 is 0 Å². The molecule has 0 saturated carbocycles. The summed E-state index contributed by atoms with van der Waals surface area (Å²) in [6.45, 7) is 0.751. The van der Waals surface area contributed by atoms with E-state index in [1.54, 1.807) is 29.4 Å². The molecule has 3 aromatic rings. The van der Waals surface area contributed by atoms with Crippen LogP contribution in [0.4, 0.5) is 5.69 Å². The summed E-state index contributed by atoms with van der Waals surface area (Å²) in [4.78, 5) is 26.1. The van der Waals surface area contributed by atoms with Crippen LogP contribution in [0.5, 0.6) is 5.75 Å². The summed E-state index contributed by atoms with van der Waals surface area (Å²) in [6.07, 6.45) is 3.53. The molecule has 1 aliphatic rings. The Hall–Kier alpha value is -3.61. The van der Waals surface area contributed by atoms with Crippen LogP contribution in [0.25, 0.3) is 11.1 Å². The van der Waals surface area contributed by atoms with Crippen molar-refractivity contribution in [1.29, 1.82) is 0 Å². The van der Waals surface area contributed by atoms with Crippen molar-refractivity contribution in [2.75, 3.05) is 24.6 Å². The van der Waals surface area contributed by atoms with Crippen molar-refractivity contribution in [3.8, 4) is 16.9 Å². The molecule has 7 heteroatoms. The molecule has 0 spiro atoms. The number of hydrogen-bond acceptors (Lipinski definition) is 4. The summed E-state index contributed by atoms with van der Waals surface area (Å²) in [6, 6.07) is 14.7. The zero-order chi connectivity index (χ0) is 18.6. The van der Waals surface area contributed by atoms with Gasteiger partial charge in [-0.25, -0.2) is 0 Å². The van der Waals surface area contributed by atoms with E-state index in [-0.39, 0.29) is 18.4 Å². The summed E-state index contributed by atoms with van der Waals surface area (Å²) in [5.74, 6) is 0.383. The molecule has 0 fully saturated rings. The molecule has 7 nitrogen and oxygen atoms in total. The second-order valence-electron chi connectivity index (χ2n) is 6.12. The van der Waals surface area contributed by atoms with Gasteiger partial charge in [-0.15, -0.1) is 0 Å². The van der Waals surface area contributed by atoms with E-state index in [0.717, 1.165) is 16.8 Å². The van der Waals surface area contributed by atoms with Crippen molar-refractivity contribution in [3.05, 3.63) is 66.5 Å². The molecule has 136 valence electrons. The number of nitrogens with zero attached hydrogens (tertiary/aromatic N) is 2. The molecule has 1 aliphatic heterocycles. The van der Waals surface area contributed by atoms with Crippen LogP contribution in [0, 0.1) is 0 Å². The molecular formula is C20H18N4O3. The van der Waals surface area contributed by atoms with E-state index in [4.69, 9.17) is 4.74 Å². The van der Waals surface area contributed by atoms with Gasteiger partial charge >= 0.3 is 0 Å². The fourth-order valence-corrected chi connectivity index (χ4v) is 3.01. The van der Waals surface area contributed by atoms with Crippen molar-refractivity contribution in [1.82, 2.24) is 15.5 Å². The largest absolute Gasteiger partial charge is 0.482 e. The van der Waals surface area contributed by atoms with E-state index in [2.05, 4.69) is 15.5 Å². The van der Waals surface area contributed by atoms with Crippen LogP contribution in [0.15, 0.2) is 60.9 Å². The van der Waals surface area contributed by atoms with Gasteiger partial charge in [-0.3, -0.25) is 14.7 Å². The highest BCUT2D eigenvalue weighted by atomic mass is 16.5. The maximum absolute atomic E-state index is 12.4. The van der Waals surface area contributed by atoms with E-state index in [1.807, 2.05) is 36.4 Å². The van der Waals surface area contributed by atoms with Crippen molar-refractivity contribution >= 4 is 17.5 Å². The highest BCUT2D eigenvalue weighted by Crippen LogP contribution is 2.31. The van der Waals surface area contributed by atoms with E-state index in [1.165, 1.54) is 0 Å². The number of H-pyrrole nitrogens is 1. The Balaban J connectivity index is 1.37. The Morgan fingerprint density at radius 3 is 2.74 bits per heavy atom. The summed E-state index contributed by atoms with van der Waals surface area (Å²) in [7, 11) is 0. The lowest BCUT2D eigenvalue weighted by Gasteiger charge is -2.29. The number of carbonyl (C=O) groups excluding carboxylic acids is 2. The van der Waals surface area contributed by atoms with Crippen LogP contribution in [-0.2, 0) is 4.79 Å². The average molecular weight is 362 g/mol. The van der Waals surface area contributed by atoms with Gasteiger partial charge in [-0.2, -0.15) is 5.10 Å². The van der Waals surface area contributed by atoms with Gasteiger partial charge in [0.15, 0.2) is 6.61 Å². The molecule has 0 aliphatic carbocycles. The first-order valence-electron chi connectivity index (χ1n) is 8.62. The third kappa shape index (κ3) is 3.52. The topological polar surface area (TPSA) is 87.3 Å². The number of fused-ring (bicyclic) bond motifs is 1. The Kier molecular flexibility index (Phi) is 4.57. The lowest BCUT2D eigenvalue weighted by molar-refractivity contribution is -0.121. The highest BCUT2D eigenvalue weighted by Gasteiger charge is 2.24. The first-order chi connectivity index (χ1) is 13.2. The Morgan fingerprint density at radius 2 is 1.96 bits per heavy atom. The molecule has 0 unspecified atom stereocenters. The lowest BCUT2D eigenvalue weighted by atomic mass is 10.1. The Labute approximate surface area is 156 Å². The maximum Gasteiger partial charge on any atom is 0.265 e. The van der Waals surface area contributed by atoms with Crippen LogP contribution in [0.3, 0.4) is 0 Å². The van der Waals surface area contributed by atoms with Crippen molar-refractivity contribution in [2.24, 2.45) is 0 Å². The van der Waals surface area contributed by atoms with E-state index >= 15 is 0 Å². The third-order valence-corrected chi connectivity index (χ3v) is 4.41. The molecule has 1 aromatic heterocycles. The number of para-hydroxylation sites is 2. The van der Waals surface area contributed by atoms with Crippen LogP contribution in [-0.4, -0.2) is 41.7 Å². The molecule has 2 aromatic carbocycles. The molecular weight excluding hydrogens is 344 g/mol. The van der Waals surface area contributed by atoms with Crippen LogP contribution in [0.1, 0.15) is 10.4 Å². The van der Waals surface area contributed by atoms with E-state index in [9.17, 15) is 9.59 Å². The molecule has 2 amide bonds. The molecule has 0 bridgehead atoms. The second-order valence-corrected chi connectivity index (χ2v) is 6.12. The number of ether oxygens (including phenoxy) is 1. The van der Waals surface area contributed by atoms with Gasteiger partial charge in [0.25, 0.3) is 11.8 Å². The standard InChI is InChI=1S/C20H18N4O3/c25-19-13-27-18-4-2-1-3-17(18)24(19)10-9-21-20(26)15-7-5-14(6-8-15)16-11-22-23-12-16/h1-8,11-12H,9-10,13H2,(H,21,26)(H,22,23). The van der Waals surface area contributed by atoms with Gasteiger partial charge in [0.1, 0.15) is 5.75 Å². The molecule has 4 rings (SSSR count). The quantitative estimate of drug-likeness (QED) is 0.729. The van der Waals surface area contributed by atoms with Gasteiger partial charge in [-0.05, 0) is 29.8 Å². The minimum Gasteiger partial charge on any atom is -0.482 e. The van der Waals surface area contributed by atoms with Gasteiger partial charge in [-0.1, -0.05) is 24.3 Å². The number of benzene rings is 2. The fourth-order valence-electron chi connectivity index (χ4n) is 3.01. The van der Waals surface area contributed by atoms with Gasteiger partial charge < -0.3 is 15.0 Å². The normalized spacial score (nSPS) is 13.0. The van der Waals surface area contributed by atoms with E-state index in [0.29, 0.717) is 24.4 Å². The minimum atomic E-state index is -0.178. The predicted molar refractivity (Wildman–Crippen MR) is 101 cm³/mol. The highest BCUT2D eigenvalue weighted by molar-refractivity contribution is 5.98. The van der Waals surface area contributed by atoms with E-state index < -0.39 is 0 Å². The average Bonchev–Trinajstić information content (AvgIpc) is 3.24. The number of rotatable bonds is 5. The number of carbonyl (C=O) groups is 2. The van der Waals surface area contributed by atoms with Gasteiger partial charge in [0.05, 0.1) is 11.9 Å². The number of aromatic amines is 1.